The summed E-state index contributed by atoms with van der Waals surface area (Å²) >= 11 is 0. The van der Waals surface area contributed by atoms with Crippen LogP contribution in [0.4, 0.5) is 0 Å². The summed E-state index contributed by atoms with van der Waals surface area (Å²) in [6.45, 7) is 1.26. The van der Waals surface area contributed by atoms with Gasteiger partial charge in [-0.15, -0.1) is 24.0 Å². The molecule has 0 aromatic carbocycles. The summed E-state index contributed by atoms with van der Waals surface area (Å²) in [5, 5.41) is 6.45. The maximum Gasteiger partial charge on any atom is 0.213 e. The molecule has 0 aliphatic heterocycles. The normalized spacial score (nSPS) is 10.5. The van der Waals surface area contributed by atoms with E-state index >= 15 is 0 Å². The number of aliphatic imine (C=N–C) groups is 1. The molecule has 118 valence electrons. The molecule has 0 saturated heterocycles. The zero-order valence-corrected chi connectivity index (χ0v) is 14.9. The van der Waals surface area contributed by atoms with E-state index in [9.17, 15) is 0 Å². The van der Waals surface area contributed by atoms with Crippen molar-refractivity contribution in [1.82, 2.24) is 20.6 Å². The van der Waals surface area contributed by atoms with E-state index in [0.29, 0.717) is 19.0 Å². The van der Waals surface area contributed by atoms with Gasteiger partial charge in [0.2, 0.25) is 5.88 Å². The number of hydrogen-bond donors (Lipinski definition) is 2. The molecule has 0 amide bonds. The molecule has 0 radical (unpaired) electrons. The van der Waals surface area contributed by atoms with E-state index in [-0.39, 0.29) is 24.0 Å². The van der Waals surface area contributed by atoms with Crippen LogP contribution in [0.3, 0.4) is 0 Å². The summed E-state index contributed by atoms with van der Waals surface area (Å²) in [4.78, 5) is 12.5. The predicted octanol–water partition coefficient (Wildman–Crippen LogP) is 1.97. The number of halogens is 1. The van der Waals surface area contributed by atoms with Crippen molar-refractivity contribution < 1.29 is 4.74 Å². The number of nitrogens with zero attached hydrogens (tertiary/aromatic N) is 3. The fourth-order valence-corrected chi connectivity index (χ4v) is 1.76. The van der Waals surface area contributed by atoms with Crippen LogP contribution in [-0.4, -0.2) is 30.1 Å². The quantitative estimate of drug-likeness (QED) is 0.446. The Kier molecular flexibility index (Phi) is 8.19. The van der Waals surface area contributed by atoms with Crippen LogP contribution >= 0.6 is 24.0 Å². The third-order valence-corrected chi connectivity index (χ3v) is 2.86. The Morgan fingerprint density at radius 1 is 1.14 bits per heavy atom. The van der Waals surface area contributed by atoms with Crippen LogP contribution in [0.25, 0.3) is 0 Å². The zero-order valence-electron chi connectivity index (χ0n) is 12.6. The zero-order chi connectivity index (χ0) is 14.9. The summed E-state index contributed by atoms with van der Waals surface area (Å²) in [6.07, 6.45) is 3.50. The molecule has 2 rings (SSSR count). The Hall–Kier alpha value is -1.90. The van der Waals surface area contributed by atoms with E-state index in [1.165, 1.54) is 0 Å². The summed E-state index contributed by atoms with van der Waals surface area (Å²) < 4.78 is 5.10. The van der Waals surface area contributed by atoms with Gasteiger partial charge in [0.1, 0.15) is 0 Å². The fourth-order valence-electron chi connectivity index (χ4n) is 1.76. The fraction of sp³-hybridized carbons (Fsp3) is 0.267. The molecule has 0 fully saturated rings. The van der Waals surface area contributed by atoms with Gasteiger partial charge in [-0.3, -0.25) is 9.98 Å². The number of guanidine groups is 1. The molecule has 0 aliphatic rings. The lowest BCUT2D eigenvalue weighted by Gasteiger charge is -2.12. The average Bonchev–Trinajstić information content (AvgIpc) is 2.56. The van der Waals surface area contributed by atoms with E-state index in [0.717, 1.165) is 17.2 Å². The molecule has 22 heavy (non-hydrogen) atoms. The topological polar surface area (TPSA) is 71.4 Å². The van der Waals surface area contributed by atoms with Gasteiger partial charge in [-0.2, -0.15) is 0 Å². The van der Waals surface area contributed by atoms with Gasteiger partial charge in [0.25, 0.3) is 0 Å². The van der Waals surface area contributed by atoms with Crippen molar-refractivity contribution in [2.75, 3.05) is 14.2 Å². The highest BCUT2D eigenvalue weighted by Gasteiger charge is 2.01. The molecule has 6 nitrogen and oxygen atoms in total. The number of hydrogen-bond acceptors (Lipinski definition) is 4. The number of aromatic nitrogens is 2. The van der Waals surface area contributed by atoms with E-state index in [1.54, 1.807) is 26.6 Å². The van der Waals surface area contributed by atoms with Gasteiger partial charge in [-0.25, -0.2) is 4.98 Å². The number of ether oxygens (including phenoxy) is 1. The minimum absolute atomic E-state index is 0. The van der Waals surface area contributed by atoms with Crippen LogP contribution in [0.2, 0.25) is 0 Å². The van der Waals surface area contributed by atoms with Gasteiger partial charge in [-0.05, 0) is 23.8 Å². The first-order valence-electron chi connectivity index (χ1n) is 6.65. The van der Waals surface area contributed by atoms with Crippen molar-refractivity contribution in [3.63, 3.8) is 0 Å². The molecule has 2 aromatic heterocycles. The molecule has 0 bridgehead atoms. The molecular weight excluding hydrogens is 393 g/mol. The summed E-state index contributed by atoms with van der Waals surface area (Å²) in [7, 11) is 3.34. The molecule has 0 saturated carbocycles. The van der Waals surface area contributed by atoms with Gasteiger partial charge < -0.3 is 15.4 Å². The lowest BCUT2D eigenvalue weighted by Crippen LogP contribution is -2.36. The molecule has 2 heterocycles. The SMILES string of the molecule is CN=C(NCc1ccnc(OC)c1)NCc1ccccn1.I. The minimum atomic E-state index is 0. The van der Waals surface area contributed by atoms with Crippen molar-refractivity contribution in [2.24, 2.45) is 4.99 Å². The highest BCUT2D eigenvalue weighted by atomic mass is 127. The van der Waals surface area contributed by atoms with Gasteiger partial charge in [-0.1, -0.05) is 6.07 Å². The highest BCUT2D eigenvalue weighted by molar-refractivity contribution is 14.0. The van der Waals surface area contributed by atoms with E-state index in [1.807, 2.05) is 30.3 Å². The Labute approximate surface area is 147 Å². The van der Waals surface area contributed by atoms with E-state index in [4.69, 9.17) is 4.74 Å². The van der Waals surface area contributed by atoms with Crippen LogP contribution in [0.1, 0.15) is 11.3 Å². The van der Waals surface area contributed by atoms with Crippen molar-refractivity contribution in [1.29, 1.82) is 0 Å². The summed E-state index contributed by atoms with van der Waals surface area (Å²) in [5.74, 6) is 1.32. The number of methoxy groups -OCH3 is 1. The van der Waals surface area contributed by atoms with Crippen LogP contribution in [-0.2, 0) is 13.1 Å². The summed E-state index contributed by atoms with van der Waals surface area (Å²) in [6, 6.07) is 9.64. The minimum Gasteiger partial charge on any atom is -0.481 e. The molecule has 0 aliphatic carbocycles. The third kappa shape index (κ3) is 5.84. The first kappa shape index (κ1) is 18.1. The maximum absolute atomic E-state index is 5.10. The van der Waals surface area contributed by atoms with E-state index in [2.05, 4.69) is 25.6 Å². The van der Waals surface area contributed by atoms with Crippen molar-refractivity contribution in [3.05, 3.63) is 54.0 Å². The van der Waals surface area contributed by atoms with E-state index < -0.39 is 0 Å². The van der Waals surface area contributed by atoms with Crippen molar-refractivity contribution >= 4 is 29.9 Å². The molecule has 2 aromatic rings. The Morgan fingerprint density at radius 3 is 2.64 bits per heavy atom. The number of nitrogens with one attached hydrogen (secondary N) is 2. The van der Waals surface area contributed by atoms with Crippen LogP contribution in [0, 0.1) is 0 Å². The Bertz CT molecular complexity index is 591. The molecule has 0 spiro atoms. The van der Waals surface area contributed by atoms with Gasteiger partial charge >= 0.3 is 0 Å². The Balaban J connectivity index is 0.00000242. The second-order valence-electron chi connectivity index (χ2n) is 4.31. The van der Waals surface area contributed by atoms with Crippen LogP contribution < -0.4 is 15.4 Å². The summed E-state index contributed by atoms with van der Waals surface area (Å²) in [5.41, 5.74) is 2.04. The van der Waals surface area contributed by atoms with Crippen molar-refractivity contribution in [3.8, 4) is 5.88 Å². The van der Waals surface area contributed by atoms with Crippen LogP contribution in [0.15, 0.2) is 47.7 Å². The van der Waals surface area contributed by atoms with Crippen LogP contribution in [0.5, 0.6) is 5.88 Å². The second kappa shape index (κ2) is 9.93. The van der Waals surface area contributed by atoms with Gasteiger partial charge in [0.15, 0.2) is 5.96 Å². The Morgan fingerprint density at radius 2 is 1.95 bits per heavy atom. The first-order chi connectivity index (χ1) is 10.3. The monoisotopic (exact) mass is 413 g/mol. The first-order valence-corrected chi connectivity index (χ1v) is 6.65. The number of rotatable bonds is 5. The third-order valence-electron chi connectivity index (χ3n) is 2.86. The molecule has 2 N–H and O–H groups in total. The van der Waals surface area contributed by atoms with Gasteiger partial charge in [0, 0.05) is 32.1 Å². The lowest BCUT2D eigenvalue weighted by atomic mass is 10.2. The lowest BCUT2D eigenvalue weighted by molar-refractivity contribution is 0.397. The van der Waals surface area contributed by atoms with Gasteiger partial charge in [0.05, 0.1) is 19.3 Å². The predicted molar refractivity (Wildman–Crippen MR) is 97.5 cm³/mol. The molecule has 0 unspecified atom stereocenters. The number of pyridine rings is 2. The second-order valence-corrected chi connectivity index (χ2v) is 4.31. The maximum atomic E-state index is 5.10. The standard InChI is InChI=1S/C15H19N5O.HI/c1-16-15(20-11-13-5-3-4-7-17-13)19-10-12-6-8-18-14(9-12)21-2;/h3-9H,10-11H2,1-2H3,(H2,16,19,20);1H. The molecular formula is C15H20IN5O. The highest BCUT2D eigenvalue weighted by Crippen LogP contribution is 2.07. The van der Waals surface area contributed by atoms with Crippen molar-refractivity contribution in [2.45, 2.75) is 13.1 Å². The smallest absolute Gasteiger partial charge is 0.213 e. The molecule has 0 atom stereocenters. The average molecular weight is 413 g/mol. The largest absolute Gasteiger partial charge is 0.481 e. The molecule has 7 heteroatoms.